The van der Waals surface area contributed by atoms with Crippen molar-refractivity contribution < 1.29 is 28.4 Å². The van der Waals surface area contributed by atoms with Crippen LogP contribution in [0.25, 0.3) is 0 Å². The van der Waals surface area contributed by atoms with Crippen LogP contribution in [-0.4, -0.2) is 36.0 Å². The highest BCUT2D eigenvalue weighted by Crippen LogP contribution is 2.30. The molecular weight excluding hydrogens is 426 g/mol. The van der Waals surface area contributed by atoms with Gasteiger partial charge in [0.05, 0.1) is 11.3 Å². The van der Waals surface area contributed by atoms with E-state index in [2.05, 4.69) is 10.6 Å². The van der Waals surface area contributed by atoms with Crippen LogP contribution in [0.2, 0.25) is 0 Å². The van der Waals surface area contributed by atoms with Gasteiger partial charge in [-0.25, -0.2) is 4.79 Å². The topological polar surface area (TPSA) is 126 Å². The minimum Gasteiger partial charge on any atom is -0.447 e. The zero-order valence-electron chi connectivity index (χ0n) is 17.2. The number of fused-ring (bicyclic) bond motifs is 2. The highest BCUT2D eigenvalue weighted by atomic mass is 16.4. The molecule has 1 saturated heterocycles. The second kappa shape index (κ2) is 7.86. The second-order valence-electron chi connectivity index (χ2n) is 7.62. The molecule has 0 radical (unpaired) electrons. The Morgan fingerprint density at radius 2 is 1.64 bits per heavy atom. The van der Waals surface area contributed by atoms with Gasteiger partial charge in [-0.3, -0.25) is 29.4 Å². The first-order valence-electron chi connectivity index (χ1n) is 10.2. The number of nitrogens with one attached hydrogen (secondary N) is 2. The van der Waals surface area contributed by atoms with Crippen LogP contribution in [-0.2, 0) is 11.3 Å². The number of nitrogens with zero attached hydrogens (tertiary/aromatic N) is 1. The average molecular weight is 443 g/mol. The average Bonchev–Trinajstić information content (AvgIpc) is 3.28. The Kier molecular flexibility index (Phi) is 4.86. The van der Waals surface area contributed by atoms with E-state index in [1.807, 2.05) is 0 Å². The summed E-state index contributed by atoms with van der Waals surface area (Å²) in [5.41, 5.74) is 1.77. The molecule has 2 aliphatic rings. The van der Waals surface area contributed by atoms with Crippen LogP contribution in [0.15, 0.2) is 59.0 Å². The Balaban J connectivity index is 1.36. The molecule has 1 fully saturated rings. The van der Waals surface area contributed by atoms with E-state index < -0.39 is 17.7 Å². The fourth-order valence-electron chi connectivity index (χ4n) is 3.97. The maximum Gasteiger partial charge on any atom is 0.328 e. The third kappa shape index (κ3) is 3.49. The summed E-state index contributed by atoms with van der Waals surface area (Å²) in [5, 5.41) is 4.97. The summed E-state index contributed by atoms with van der Waals surface area (Å²) in [6.07, 6.45) is 0.175. The largest absolute Gasteiger partial charge is 0.447 e. The van der Waals surface area contributed by atoms with Gasteiger partial charge in [0.15, 0.2) is 17.3 Å². The molecule has 0 saturated carbocycles. The summed E-state index contributed by atoms with van der Waals surface area (Å²) in [7, 11) is 0. The van der Waals surface area contributed by atoms with Gasteiger partial charge < -0.3 is 9.73 Å². The predicted molar refractivity (Wildman–Crippen MR) is 115 cm³/mol. The minimum absolute atomic E-state index is 0.0545. The van der Waals surface area contributed by atoms with Crippen molar-refractivity contribution in [3.8, 4) is 0 Å². The van der Waals surface area contributed by atoms with Gasteiger partial charge in [-0.15, -0.1) is 0 Å². The Bertz CT molecular complexity index is 1300. The molecule has 9 heteroatoms. The third-order valence-corrected chi connectivity index (χ3v) is 5.60. The number of imide groups is 1. The maximum absolute atomic E-state index is 12.8. The van der Waals surface area contributed by atoms with Crippen molar-refractivity contribution in [3.63, 3.8) is 0 Å². The fraction of sp³-hybridized carbons (Fsp3) is 0.125. The Morgan fingerprint density at radius 3 is 2.39 bits per heavy atom. The van der Waals surface area contributed by atoms with Gasteiger partial charge in [-0.1, -0.05) is 42.5 Å². The molecule has 2 aromatic carbocycles. The van der Waals surface area contributed by atoms with E-state index >= 15 is 0 Å². The van der Waals surface area contributed by atoms with Crippen LogP contribution in [0, 0.1) is 0 Å². The van der Waals surface area contributed by atoms with Gasteiger partial charge in [0, 0.05) is 36.7 Å². The number of furan rings is 1. The summed E-state index contributed by atoms with van der Waals surface area (Å²) < 4.78 is 5.48. The summed E-state index contributed by atoms with van der Waals surface area (Å²) in [6.45, 7) is 0.283. The van der Waals surface area contributed by atoms with Gasteiger partial charge in [0.2, 0.25) is 11.7 Å². The lowest BCUT2D eigenvalue weighted by molar-refractivity contribution is -0.120. The smallest absolute Gasteiger partial charge is 0.328 e. The standard InChI is InChI=1S/C24H17N3O6/c28-19-9-10-27(24(32)26-19)17-8-4-1-5-13(17)12-25-23(31)18-11-16-20(29)14-6-2-3-7-15(14)21(30)22(16)33-18/h1-8,11H,9-10,12H2,(H,25,31)(H,26,28,32). The van der Waals surface area contributed by atoms with Gasteiger partial charge in [-0.2, -0.15) is 0 Å². The van der Waals surface area contributed by atoms with E-state index in [4.69, 9.17) is 4.42 Å². The van der Waals surface area contributed by atoms with Crippen LogP contribution in [0.5, 0.6) is 0 Å². The molecule has 9 nitrogen and oxygen atoms in total. The van der Waals surface area contributed by atoms with Crippen LogP contribution in [0.1, 0.15) is 54.6 Å². The number of amides is 4. The molecule has 0 spiro atoms. The van der Waals surface area contributed by atoms with E-state index in [0.717, 1.165) is 0 Å². The molecule has 1 aromatic heterocycles. The number of hydrogen-bond acceptors (Lipinski definition) is 6. The molecule has 0 unspecified atom stereocenters. The molecular formula is C24H17N3O6. The Hall–Kier alpha value is -4.53. The highest BCUT2D eigenvalue weighted by molar-refractivity contribution is 6.27. The normalized spacial score (nSPS) is 15.1. The molecule has 0 atom stereocenters. The molecule has 164 valence electrons. The number of ketones is 2. The molecule has 4 amide bonds. The summed E-state index contributed by atoms with van der Waals surface area (Å²) in [4.78, 5) is 63.3. The molecule has 5 rings (SSSR count). The number of urea groups is 1. The molecule has 0 bridgehead atoms. The van der Waals surface area contributed by atoms with Gasteiger partial charge in [0.25, 0.3) is 5.91 Å². The summed E-state index contributed by atoms with van der Waals surface area (Å²) in [5.74, 6) is -2.08. The van der Waals surface area contributed by atoms with Gasteiger partial charge in [-0.05, 0) is 11.6 Å². The zero-order chi connectivity index (χ0) is 23.1. The van der Waals surface area contributed by atoms with Crippen LogP contribution in [0.4, 0.5) is 10.5 Å². The van der Waals surface area contributed by atoms with Crippen LogP contribution < -0.4 is 15.5 Å². The Morgan fingerprint density at radius 1 is 0.939 bits per heavy atom. The highest BCUT2D eigenvalue weighted by Gasteiger charge is 2.34. The van der Waals surface area contributed by atoms with E-state index in [1.54, 1.807) is 48.5 Å². The number of anilines is 1. The third-order valence-electron chi connectivity index (χ3n) is 5.60. The Labute approximate surface area is 187 Å². The van der Waals surface area contributed by atoms with Gasteiger partial charge in [0.1, 0.15) is 0 Å². The number of carbonyl (C=O) groups excluding carboxylic acids is 5. The van der Waals surface area contributed by atoms with Crippen molar-refractivity contribution in [1.82, 2.24) is 10.6 Å². The monoisotopic (exact) mass is 443 g/mol. The van der Waals surface area contributed by atoms with Gasteiger partial charge >= 0.3 is 6.03 Å². The first-order chi connectivity index (χ1) is 15.9. The van der Waals surface area contributed by atoms with E-state index in [1.165, 1.54) is 11.0 Å². The van der Waals surface area contributed by atoms with E-state index in [-0.39, 0.29) is 59.4 Å². The lowest BCUT2D eigenvalue weighted by atomic mass is 9.89. The van der Waals surface area contributed by atoms with E-state index in [0.29, 0.717) is 11.3 Å². The van der Waals surface area contributed by atoms with Crippen molar-refractivity contribution in [1.29, 1.82) is 0 Å². The SMILES string of the molecule is O=C1CCN(c2ccccc2CNC(=O)c2cc3c(o2)C(=O)c2ccccc2C3=O)C(=O)N1. The molecule has 1 aliphatic heterocycles. The van der Waals surface area contributed by atoms with Crippen molar-refractivity contribution in [2.45, 2.75) is 13.0 Å². The molecule has 2 heterocycles. The predicted octanol–water partition coefficient (Wildman–Crippen LogP) is 2.43. The number of carbonyl (C=O) groups is 5. The van der Waals surface area contributed by atoms with Crippen LogP contribution >= 0.6 is 0 Å². The summed E-state index contributed by atoms with van der Waals surface area (Å²) in [6, 6.07) is 14.1. The molecule has 33 heavy (non-hydrogen) atoms. The maximum atomic E-state index is 12.8. The first kappa shape index (κ1) is 20.4. The lowest BCUT2D eigenvalue weighted by Crippen LogP contribution is -2.50. The summed E-state index contributed by atoms with van der Waals surface area (Å²) >= 11 is 0. The van der Waals surface area contributed by atoms with Crippen molar-refractivity contribution in [3.05, 3.63) is 88.4 Å². The molecule has 3 aromatic rings. The first-order valence-corrected chi connectivity index (χ1v) is 10.2. The number of hydrogen-bond donors (Lipinski definition) is 2. The van der Waals surface area contributed by atoms with Crippen molar-refractivity contribution >= 4 is 35.1 Å². The lowest BCUT2D eigenvalue weighted by Gasteiger charge is -2.28. The number of rotatable bonds is 4. The zero-order valence-corrected chi connectivity index (χ0v) is 17.2. The number of benzene rings is 2. The van der Waals surface area contributed by atoms with Crippen molar-refractivity contribution in [2.75, 3.05) is 11.4 Å². The van der Waals surface area contributed by atoms with Crippen molar-refractivity contribution in [2.24, 2.45) is 0 Å². The molecule has 2 N–H and O–H groups in total. The quantitative estimate of drug-likeness (QED) is 0.499. The minimum atomic E-state index is -0.609. The van der Waals surface area contributed by atoms with Crippen LogP contribution in [0.3, 0.4) is 0 Å². The fourth-order valence-corrected chi connectivity index (χ4v) is 3.97. The second-order valence-corrected chi connectivity index (χ2v) is 7.62. The van der Waals surface area contributed by atoms with E-state index in [9.17, 15) is 24.0 Å². The number of para-hydroxylation sites is 1. The molecule has 1 aliphatic carbocycles.